The van der Waals surface area contributed by atoms with E-state index in [4.69, 9.17) is 8.92 Å². The Kier molecular flexibility index (Phi) is 5.47. The van der Waals surface area contributed by atoms with Crippen LogP contribution in [0.1, 0.15) is 24.8 Å². The molecule has 0 radical (unpaired) electrons. The smallest absolute Gasteiger partial charge is 0.225 e. The van der Waals surface area contributed by atoms with Crippen molar-refractivity contribution >= 4 is 23.8 Å². The molecule has 2 rings (SSSR count). The zero-order chi connectivity index (χ0) is 13.5. The predicted molar refractivity (Wildman–Crippen MR) is 75.4 cm³/mol. The Morgan fingerprint density at radius 3 is 3.00 bits per heavy atom. The minimum absolute atomic E-state index is 0.0198. The first kappa shape index (κ1) is 14.1. The standard InChI is InChI=1S/C13H18N2O3S/c1-19-18-9-3-2-8-17-12-7-5-10-4-6-11(16)14-13(10)15-12/h5,7H,2-4,6,8-9H2,1H3,(H,14,15,16). The summed E-state index contributed by atoms with van der Waals surface area (Å²) in [5.41, 5.74) is 1.07. The third-order valence-corrected chi connectivity index (χ3v) is 3.22. The largest absolute Gasteiger partial charge is 0.478 e. The predicted octanol–water partition coefficient (Wildman–Crippen LogP) is 2.42. The molecule has 19 heavy (non-hydrogen) atoms. The topological polar surface area (TPSA) is 60.5 Å². The van der Waals surface area contributed by atoms with Crippen LogP contribution in [0, 0.1) is 0 Å². The van der Waals surface area contributed by atoms with Gasteiger partial charge in [-0.1, -0.05) is 0 Å². The number of fused-ring (bicyclic) bond motifs is 1. The van der Waals surface area contributed by atoms with Crippen molar-refractivity contribution in [3.8, 4) is 5.88 Å². The molecule has 0 aliphatic carbocycles. The van der Waals surface area contributed by atoms with E-state index in [0.717, 1.165) is 31.4 Å². The minimum Gasteiger partial charge on any atom is -0.478 e. The van der Waals surface area contributed by atoms with Crippen molar-refractivity contribution in [3.05, 3.63) is 17.7 Å². The lowest BCUT2D eigenvalue weighted by Crippen LogP contribution is -2.20. The van der Waals surface area contributed by atoms with Gasteiger partial charge in [0, 0.05) is 18.7 Å². The van der Waals surface area contributed by atoms with Gasteiger partial charge in [-0.3, -0.25) is 4.79 Å². The second-order valence-electron chi connectivity index (χ2n) is 4.25. The van der Waals surface area contributed by atoms with Crippen LogP contribution in [0.3, 0.4) is 0 Å². The number of nitrogens with one attached hydrogen (secondary N) is 1. The van der Waals surface area contributed by atoms with Crippen LogP contribution >= 0.6 is 12.0 Å². The number of carbonyl (C=O) groups excluding carboxylic acids is 1. The van der Waals surface area contributed by atoms with Crippen LogP contribution in [-0.2, 0) is 15.4 Å². The first-order valence-electron chi connectivity index (χ1n) is 6.38. The molecular weight excluding hydrogens is 264 g/mol. The summed E-state index contributed by atoms with van der Waals surface area (Å²) in [6.07, 6.45) is 5.07. The fourth-order valence-electron chi connectivity index (χ4n) is 1.83. The maximum Gasteiger partial charge on any atom is 0.225 e. The molecule has 0 unspecified atom stereocenters. The van der Waals surface area contributed by atoms with Crippen molar-refractivity contribution in [1.29, 1.82) is 0 Å². The molecular formula is C13H18N2O3S. The lowest BCUT2D eigenvalue weighted by molar-refractivity contribution is -0.116. The molecule has 2 heterocycles. The Morgan fingerprint density at radius 1 is 1.32 bits per heavy atom. The normalized spacial score (nSPS) is 13.8. The SMILES string of the molecule is CSOCCCCOc1ccc2c(n1)NC(=O)CC2. The number of pyridine rings is 1. The number of ether oxygens (including phenoxy) is 1. The number of aryl methyl sites for hydroxylation is 1. The van der Waals surface area contributed by atoms with Gasteiger partial charge < -0.3 is 14.2 Å². The van der Waals surface area contributed by atoms with E-state index in [2.05, 4.69) is 10.3 Å². The summed E-state index contributed by atoms with van der Waals surface area (Å²) in [7, 11) is 0. The number of carbonyl (C=O) groups is 1. The fourth-order valence-corrected chi connectivity index (χ4v) is 2.11. The molecule has 0 spiro atoms. The molecule has 0 saturated heterocycles. The van der Waals surface area contributed by atoms with E-state index in [9.17, 15) is 4.79 Å². The van der Waals surface area contributed by atoms with Crippen molar-refractivity contribution < 1.29 is 13.7 Å². The average molecular weight is 282 g/mol. The van der Waals surface area contributed by atoms with Crippen molar-refractivity contribution in [3.63, 3.8) is 0 Å². The van der Waals surface area contributed by atoms with Crippen LogP contribution in [0.5, 0.6) is 5.88 Å². The molecule has 1 aromatic heterocycles. The summed E-state index contributed by atoms with van der Waals surface area (Å²) in [6, 6.07) is 3.82. The highest BCUT2D eigenvalue weighted by Gasteiger charge is 2.16. The van der Waals surface area contributed by atoms with Crippen LogP contribution in [-0.4, -0.2) is 30.4 Å². The van der Waals surface area contributed by atoms with Gasteiger partial charge in [-0.25, -0.2) is 0 Å². The maximum absolute atomic E-state index is 11.3. The number of hydrogen-bond donors (Lipinski definition) is 1. The summed E-state index contributed by atoms with van der Waals surface area (Å²) in [5.74, 6) is 1.22. The number of anilines is 1. The number of aromatic nitrogens is 1. The van der Waals surface area contributed by atoms with E-state index >= 15 is 0 Å². The Hall–Kier alpha value is -1.27. The molecule has 1 aliphatic heterocycles. The van der Waals surface area contributed by atoms with Crippen LogP contribution in [0.2, 0.25) is 0 Å². The van der Waals surface area contributed by atoms with Gasteiger partial charge in [-0.15, -0.1) is 0 Å². The highest BCUT2D eigenvalue weighted by molar-refractivity contribution is 7.93. The number of rotatable bonds is 7. The van der Waals surface area contributed by atoms with Crippen molar-refractivity contribution in [2.45, 2.75) is 25.7 Å². The van der Waals surface area contributed by atoms with Crippen LogP contribution in [0.15, 0.2) is 12.1 Å². The molecule has 0 saturated carbocycles. The minimum atomic E-state index is 0.0198. The van der Waals surface area contributed by atoms with Crippen LogP contribution < -0.4 is 10.1 Å². The number of unbranched alkanes of at least 4 members (excludes halogenated alkanes) is 1. The van der Waals surface area contributed by atoms with Gasteiger partial charge in [0.05, 0.1) is 13.2 Å². The highest BCUT2D eigenvalue weighted by Crippen LogP contribution is 2.23. The monoisotopic (exact) mass is 282 g/mol. The lowest BCUT2D eigenvalue weighted by Gasteiger charge is -2.16. The highest BCUT2D eigenvalue weighted by atomic mass is 32.2. The first-order valence-corrected chi connectivity index (χ1v) is 7.53. The van der Waals surface area contributed by atoms with E-state index in [0.29, 0.717) is 24.7 Å². The van der Waals surface area contributed by atoms with Gasteiger partial charge in [-0.05, 0) is 42.9 Å². The molecule has 0 aromatic carbocycles. The molecule has 6 heteroatoms. The quantitative estimate of drug-likeness (QED) is 0.615. The van der Waals surface area contributed by atoms with E-state index in [1.165, 1.54) is 12.0 Å². The summed E-state index contributed by atoms with van der Waals surface area (Å²) in [5, 5.41) is 2.77. The Bertz CT molecular complexity index is 440. The molecule has 1 N–H and O–H groups in total. The molecule has 1 aliphatic rings. The molecule has 1 aromatic rings. The maximum atomic E-state index is 11.3. The Balaban J connectivity index is 1.78. The Morgan fingerprint density at radius 2 is 2.16 bits per heavy atom. The average Bonchev–Trinajstić information content (AvgIpc) is 2.42. The fraction of sp³-hybridized carbons (Fsp3) is 0.538. The number of amides is 1. The van der Waals surface area contributed by atoms with Gasteiger partial charge in [0.1, 0.15) is 5.82 Å². The van der Waals surface area contributed by atoms with E-state index in [1.54, 1.807) is 0 Å². The summed E-state index contributed by atoms with van der Waals surface area (Å²) in [4.78, 5) is 15.6. The third kappa shape index (κ3) is 4.40. The summed E-state index contributed by atoms with van der Waals surface area (Å²) in [6.45, 7) is 1.34. The Labute approximate surface area is 117 Å². The van der Waals surface area contributed by atoms with Gasteiger partial charge in [0.15, 0.2) is 0 Å². The summed E-state index contributed by atoms with van der Waals surface area (Å²) < 4.78 is 10.7. The van der Waals surface area contributed by atoms with E-state index < -0.39 is 0 Å². The van der Waals surface area contributed by atoms with E-state index in [1.807, 2.05) is 18.4 Å². The van der Waals surface area contributed by atoms with Gasteiger partial charge in [0.25, 0.3) is 0 Å². The van der Waals surface area contributed by atoms with Gasteiger partial charge in [0.2, 0.25) is 11.8 Å². The second-order valence-corrected chi connectivity index (χ2v) is 4.82. The second kappa shape index (κ2) is 7.35. The van der Waals surface area contributed by atoms with Crippen molar-refractivity contribution in [2.75, 3.05) is 24.8 Å². The van der Waals surface area contributed by atoms with E-state index in [-0.39, 0.29) is 5.91 Å². The number of hydrogen-bond acceptors (Lipinski definition) is 5. The molecule has 0 atom stereocenters. The van der Waals surface area contributed by atoms with Gasteiger partial charge in [-0.2, -0.15) is 4.98 Å². The first-order chi connectivity index (χ1) is 9.29. The lowest BCUT2D eigenvalue weighted by atomic mass is 10.1. The molecule has 0 bridgehead atoms. The zero-order valence-corrected chi connectivity index (χ0v) is 11.8. The molecule has 5 nitrogen and oxygen atoms in total. The molecule has 0 fully saturated rings. The van der Waals surface area contributed by atoms with Gasteiger partial charge >= 0.3 is 0 Å². The van der Waals surface area contributed by atoms with Crippen molar-refractivity contribution in [1.82, 2.24) is 4.98 Å². The molecule has 104 valence electrons. The third-order valence-electron chi connectivity index (χ3n) is 2.82. The number of nitrogens with zero attached hydrogens (tertiary/aromatic N) is 1. The van der Waals surface area contributed by atoms with Crippen LogP contribution in [0.4, 0.5) is 5.82 Å². The zero-order valence-electron chi connectivity index (χ0n) is 11.0. The van der Waals surface area contributed by atoms with Crippen LogP contribution in [0.25, 0.3) is 0 Å². The van der Waals surface area contributed by atoms with Crippen molar-refractivity contribution in [2.24, 2.45) is 0 Å². The molecule has 1 amide bonds. The summed E-state index contributed by atoms with van der Waals surface area (Å²) >= 11 is 1.38.